The zero-order valence-electron chi connectivity index (χ0n) is 19.7. The van der Waals surface area contributed by atoms with Gasteiger partial charge in [-0.15, -0.1) is 0 Å². The second-order valence-corrected chi connectivity index (χ2v) is 7.86. The van der Waals surface area contributed by atoms with Crippen molar-refractivity contribution in [3.63, 3.8) is 0 Å². The lowest BCUT2D eigenvalue weighted by molar-refractivity contribution is -0.155. The summed E-state index contributed by atoms with van der Waals surface area (Å²) in [5.41, 5.74) is 0.807. The molecule has 0 saturated heterocycles. The van der Waals surface area contributed by atoms with E-state index in [-0.39, 0.29) is 31.1 Å². The molecule has 1 aromatic rings. The summed E-state index contributed by atoms with van der Waals surface area (Å²) in [6.45, 7) is 9.28. The van der Waals surface area contributed by atoms with Gasteiger partial charge in [-0.25, -0.2) is 4.79 Å². The zero-order valence-corrected chi connectivity index (χ0v) is 19.7. The summed E-state index contributed by atoms with van der Waals surface area (Å²) in [6.07, 6.45) is 3.94. The first kappa shape index (κ1) is 27.2. The highest BCUT2D eigenvalue weighted by Crippen LogP contribution is 2.14. The maximum Gasteiger partial charge on any atom is 0.334 e. The van der Waals surface area contributed by atoms with Crippen LogP contribution < -0.4 is 4.74 Å². The Bertz CT molecular complexity index is 739. The average molecular weight is 449 g/mol. The van der Waals surface area contributed by atoms with Crippen molar-refractivity contribution in [3.8, 4) is 5.75 Å². The predicted molar refractivity (Wildman–Crippen MR) is 121 cm³/mol. The summed E-state index contributed by atoms with van der Waals surface area (Å²) in [5.74, 6) is -1.02. The topological polar surface area (TPSA) is 88.1 Å². The van der Waals surface area contributed by atoms with E-state index in [9.17, 15) is 14.4 Å². The highest BCUT2D eigenvalue weighted by molar-refractivity contribution is 5.93. The number of carbonyl (C=O) groups excluding carboxylic acids is 3. The molecule has 32 heavy (non-hydrogen) atoms. The molecule has 0 spiro atoms. The van der Waals surface area contributed by atoms with E-state index in [0.29, 0.717) is 5.75 Å². The summed E-state index contributed by atoms with van der Waals surface area (Å²) in [7, 11) is 1.57. The molecule has 7 heteroatoms. The zero-order chi connectivity index (χ0) is 23.9. The van der Waals surface area contributed by atoms with Gasteiger partial charge in [0.2, 0.25) is 0 Å². The van der Waals surface area contributed by atoms with Gasteiger partial charge in [0, 0.05) is 5.57 Å². The third-order valence-corrected chi connectivity index (χ3v) is 4.76. The van der Waals surface area contributed by atoms with Gasteiger partial charge in [0.15, 0.2) is 0 Å². The third kappa shape index (κ3) is 11.5. The molecule has 0 aliphatic carbocycles. The fourth-order valence-electron chi connectivity index (χ4n) is 2.92. The van der Waals surface area contributed by atoms with Crippen molar-refractivity contribution in [2.45, 2.75) is 84.5 Å². The maximum absolute atomic E-state index is 12.1. The van der Waals surface area contributed by atoms with Crippen LogP contribution in [-0.2, 0) is 35.2 Å². The largest absolute Gasteiger partial charge is 0.497 e. The van der Waals surface area contributed by atoms with Crippen LogP contribution >= 0.6 is 0 Å². The monoisotopic (exact) mass is 448 g/mol. The lowest BCUT2D eigenvalue weighted by atomic mass is 10.1. The molecule has 2 atom stereocenters. The number of carbonyl (C=O) groups is 3. The molecular weight excluding hydrogens is 412 g/mol. The van der Waals surface area contributed by atoms with Crippen LogP contribution in [0, 0.1) is 0 Å². The minimum atomic E-state index is -0.729. The molecule has 178 valence electrons. The standard InChI is InChI=1S/C25H36O7/c1-6-7-8-9-10-19(3)31-24(27)15-18(2)25(28)32-20(4)16-23(26)30-17-21-11-13-22(29-5)14-12-21/h11-14,19-20H,2,6-10,15-17H2,1,3-5H3/t19-,20+/m1/s1. The van der Waals surface area contributed by atoms with Crippen LogP contribution in [-0.4, -0.2) is 37.2 Å². The normalized spacial score (nSPS) is 12.4. The Kier molecular flexibility index (Phi) is 12.8. The molecular formula is C25H36O7. The minimum absolute atomic E-state index is 0.00775. The van der Waals surface area contributed by atoms with Crippen LogP contribution in [0.25, 0.3) is 0 Å². The fourth-order valence-corrected chi connectivity index (χ4v) is 2.92. The molecule has 0 unspecified atom stereocenters. The minimum Gasteiger partial charge on any atom is -0.497 e. The summed E-state index contributed by atoms with van der Waals surface area (Å²) < 4.78 is 20.8. The highest BCUT2D eigenvalue weighted by Gasteiger charge is 2.20. The van der Waals surface area contributed by atoms with Gasteiger partial charge in [-0.05, 0) is 44.4 Å². The first-order chi connectivity index (χ1) is 15.2. The number of hydrogen-bond acceptors (Lipinski definition) is 7. The molecule has 1 aromatic carbocycles. The van der Waals surface area contributed by atoms with Gasteiger partial charge in [0.05, 0.1) is 26.1 Å². The Labute approximate surface area is 191 Å². The lowest BCUT2D eigenvalue weighted by Crippen LogP contribution is -2.22. The number of unbranched alkanes of at least 4 members (excludes halogenated alkanes) is 3. The molecule has 0 fully saturated rings. The van der Waals surface area contributed by atoms with E-state index in [1.807, 2.05) is 6.92 Å². The van der Waals surface area contributed by atoms with Crippen molar-refractivity contribution < 1.29 is 33.3 Å². The van der Waals surface area contributed by atoms with E-state index in [2.05, 4.69) is 13.5 Å². The summed E-state index contributed by atoms with van der Waals surface area (Å²) in [5, 5.41) is 0. The van der Waals surface area contributed by atoms with Crippen molar-refractivity contribution >= 4 is 17.9 Å². The van der Waals surface area contributed by atoms with Gasteiger partial charge < -0.3 is 18.9 Å². The number of ether oxygens (including phenoxy) is 4. The Hall–Kier alpha value is -2.83. The quantitative estimate of drug-likeness (QED) is 0.163. The van der Waals surface area contributed by atoms with Crippen molar-refractivity contribution in [2.75, 3.05) is 7.11 Å². The molecule has 0 amide bonds. The van der Waals surface area contributed by atoms with Crippen LogP contribution in [0.15, 0.2) is 36.4 Å². The molecule has 0 aliphatic heterocycles. The molecule has 0 bridgehead atoms. The molecule has 0 aliphatic rings. The molecule has 0 heterocycles. The van der Waals surface area contributed by atoms with E-state index in [1.54, 1.807) is 38.3 Å². The van der Waals surface area contributed by atoms with Gasteiger partial charge in [0.1, 0.15) is 18.5 Å². The van der Waals surface area contributed by atoms with Crippen LogP contribution in [0.1, 0.15) is 71.3 Å². The van der Waals surface area contributed by atoms with Crippen molar-refractivity contribution in [3.05, 3.63) is 42.0 Å². The molecule has 7 nitrogen and oxygen atoms in total. The van der Waals surface area contributed by atoms with Gasteiger partial charge in [-0.2, -0.15) is 0 Å². The summed E-state index contributed by atoms with van der Waals surface area (Å²) in [4.78, 5) is 36.1. The highest BCUT2D eigenvalue weighted by atomic mass is 16.6. The molecule has 0 radical (unpaired) electrons. The molecule has 1 rings (SSSR count). The number of hydrogen-bond donors (Lipinski definition) is 0. The van der Waals surface area contributed by atoms with Gasteiger partial charge >= 0.3 is 17.9 Å². The molecule has 0 aromatic heterocycles. The van der Waals surface area contributed by atoms with E-state index in [4.69, 9.17) is 18.9 Å². The van der Waals surface area contributed by atoms with Crippen molar-refractivity contribution in [1.82, 2.24) is 0 Å². The smallest absolute Gasteiger partial charge is 0.334 e. The maximum atomic E-state index is 12.1. The fraction of sp³-hybridized carbons (Fsp3) is 0.560. The third-order valence-electron chi connectivity index (χ3n) is 4.76. The summed E-state index contributed by atoms with van der Waals surface area (Å²) >= 11 is 0. The second-order valence-electron chi connectivity index (χ2n) is 7.86. The summed E-state index contributed by atoms with van der Waals surface area (Å²) in [6, 6.07) is 7.14. The Morgan fingerprint density at radius 2 is 1.62 bits per heavy atom. The van der Waals surface area contributed by atoms with Crippen LogP contribution in [0.4, 0.5) is 0 Å². The Morgan fingerprint density at radius 1 is 0.938 bits per heavy atom. The van der Waals surface area contributed by atoms with E-state index >= 15 is 0 Å². The van der Waals surface area contributed by atoms with Crippen LogP contribution in [0.3, 0.4) is 0 Å². The van der Waals surface area contributed by atoms with Crippen LogP contribution in [0.2, 0.25) is 0 Å². The van der Waals surface area contributed by atoms with E-state index < -0.39 is 24.0 Å². The number of rotatable bonds is 15. The number of esters is 3. The van der Waals surface area contributed by atoms with Gasteiger partial charge in [0.25, 0.3) is 0 Å². The van der Waals surface area contributed by atoms with Gasteiger partial charge in [-0.1, -0.05) is 44.9 Å². The van der Waals surface area contributed by atoms with E-state index in [1.165, 1.54) is 0 Å². The van der Waals surface area contributed by atoms with Gasteiger partial charge in [-0.3, -0.25) is 9.59 Å². The average Bonchev–Trinajstić information content (AvgIpc) is 2.75. The lowest BCUT2D eigenvalue weighted by Gasteiger charge is -2.15. The Morgan fingerprint density at radius 3 is 2.25 bits per heavy atom. The van der Waals surface area contributed by atoms with Crippen LogP contribution in [0.5, 0.6) is 5.75 Å². The Balaban J connectivity index is 2.29. The van der Waals surface area contributed by atoms with Crippen molar-refractivity contribution in [2.24, 2.45) is 0 Å². The van der Waals surface area contributed by atoms with E-state index in [0.717, 1.165) is 37.7 Å². The SMILES string of the molecule is C=C(CC(=O)O[C@H](C)CCCCCC)C(=O)O[C@@H](C)CC(=O)OCc1ccc(OC)cc1. The predicted octanol–water partition coefficient (Wildman–Crippen LogP) is 4.91. The molecule has 0 saturated carbocycles. The number of benzene rings is 1. The molecule has 0 N–H and O–H groups in total. The first-order valence-corrected chi connectivity index (χ1v) is 11.1. The van der Waals surface area contributed by atoms with Crippen molar-refractivity contribution in [1.29, 1.82) is 0 Å². The number of methoxy groups -OCH3 is 1. The first-order valence-electron chi connectivity index (χ1n) is 11.1. The second kappa shape index (κ2) is 15.1.